The number of rotatable bonds is 11. The molecule has 0 saturated heterocycles. The van der Waals surface area contributed by atoms with E-state index in [-0.39, 0.29) is 30.7 Å². The smallest absolute Gasteiger partial charge is 0.239 e. The molecule has 2 rings (SSSR count). The average molecular weight is 446 g/mol. The Morgan fingerprint density at radius 1 is 1.03 bits per heavy atom. The highest BCUT2D eigenvalue weighted by Crippen LogP contribution is 2.30. The van der Waals surface area contributed by atoms with Crippen molar-refractivity contribution in [2.75, 3.05) is 39.2 Å². The van der Waals surface area contributed by atoms with E-state index in [0.29, 0.717) is 36.0 Å². The van der Waals surface area contributed by atoms with Crippen molar-refractivity contribution in [2.45, 2.75) is 33.4 Å². The van der Waals surface area contributed by atoms with Crippen LogP contribution in [-0.4, -0.2) is 61.5 Å². The second kappa shape index (κ2) is 12.0. The molecule has 0 aliphatic carbocycles. The number of ether oxygens (including phenoxy) is 2. The van der Waals surface area contributed by atoms with E-state index in [1.54, 1.807) is 56.3 Å². The van der Waals surface area contributed by atoms with Gasteiger partial charge in [-0.3, -0.25) is 14.5 Å². The lowest BCUT2D eigenvalue weighted by molar-refractivity contribution is -0.135. The minimum atomic E-state index is -0.529. The number of nitrogens with zero attached hydrogens (tertiary/aromatic N) is 2. The Bertz CT molecular complexity index is 922. The molecule has 2 aromatic rings. The fourth-order valence-electron chi connectivity index (χ4n) is 3.19. The molecule has 0 bridgehead atoms. The van der Waals surface area contributed by atoms with Gasteiger partial charge in [-0.05, 0) is 57.6 Å². The van der Waals surface area contributed by atoms with E-state index in [2.05, 4.69) is 5.32 Å². The van der Waals surface area contributed by atoms with Crippen molar-refractivity contribution in [2.24, 2.45) is 0 Å². The van der Waals surface area contributed by atoms with Crippen LogP contribution in [0.25, 0.3) is 0 Å². The zero-order valence-electron chi connectivity index (χ0n) is 19.4. The first-order chi connectivity index (χ1) is 15.2. The molecular weight excluding hydrogens is 413 g/mol. The van der Waals surface area contributed by atoms with Gasteiger partial charge in [-0.15, -0.1) is 0 Å². The number of anilines is 1. The van der Waals surface area contributed by atoms with Crippen LogP contribution in [0.15, 0.2) is 42.5 Å². The molecule has 0 heterocycles. The summed E-state index contributed by atoms with van der Waals surface area (Å²) >= 11 is 0. The standard InChI is InChI=1S/C24H32FN3O4/c1-6-31-21-12-11-20(14-22(21)32-7-2)26-23(29)16-27(4)17(3)24(30)28(5)15-18-9-8-10-19(25)13-18/h8-14,17H,6-7,15-16H2,1-5H3,(H,26,29). The van der Waals surface area contributed by atoms with Gasteiger partial charge in [0.15, 0.2) is 11.5 Å². The zero-order chi connectivity index (χ0) is 23.7. The van der Waals surface area contributed by atoms with Gasteiger partial charge in [-0.1, -0.05) is 12.1 Å². The molecular formula is C24H32FN3O4. The summed E-state index contributed by atoms with van der Waals surface area (Å²) in [6.07, 6.45) is 0. The van der Waals surface area contributed by atoms with Crippen molar-refractivity contribution in [1.29, 1.82) is 0 Å². The number of carbonyl (C=O) groups excluding carboxylic acids is 2. The molecule has 0 aromatic heterocycles. The zero-order valence-corrected chi connectivity index (χ0v) is 19.4. The molecule has 2 amide bonds. The van der Waals surface area contributed by atoms with Crippen molar-refractivity contribution >= 4 is 17.5 Å². The molecule has 1 atom stereocenters. The molecule has 174 valence electrons. The van der Waals surface area contributed by atoms with Gasteiger partial charge in [0.1, 0.15) is 5.82 Å². The first-order valence-electron chi connectivity index (χ1n) is 10.6. The fourth-order valence-corrected chi connectivity index (χ4v) is 3.19. The molecule has 0 saturated carbocycles. The molecule has 7 nitrogen and oxygen atoms in total. The number of halogens is 1. The van der Waals surface area contributed by atoms with Crippen LogP contribution in [0.5, 0.6) is 11.5 Å². The summed E-state index contributed by atoms with van der Waals surface area (Å²) in [5.74, 6) is 0.413. The van der Waals surface area contributed by atoms with Gasteiger partial charge >= 0.3 is 0 Å². The summed E-state index contributed by atoms with van der Waals surface area (Å²) in [4.78, 5) is 28.5. The van der Waals surface area contributed by atoms with Crippen molar-refractivity contribution in [3.05, 3.63) is 53.8 Å². The number of amides is 2. The second-order valence-electron chi connectivity index (χ2n) is 7.49. The number of likely N-dealkylation sites (N-methyl/N-ethyl adjacent to an activating group) is 2. The number of carbonyl (C=O) groups is 2. The Morgan fingerprint density at radius 3 is 2.38 bits per heavy atom. The van der Waals surface area contributed by atoms with Crippen LogP contribution < -0.4 is 14.8 Å². The Kier molecular flexibility index (Phi) is 9.46. The van der Waals surface area contributed by atoms with Crippen molar-refractivity contribution in [1.82, 2.24) is 9.80 Å². The van der Waals surface area contributed by atoms with Gasteiger partial charge in [0, 0.05) is 25.3 Å². The maximum Gasteiger partial charge on any atom is 0.239 e. The molecule has 1 N–H and O–H groups in total. The van der Waals surface area contributed by atoms with Crippen LogP contribution in [0, 0.1) is 5.82 Å². The Hall–Kier alpha value is -3.13. The predicted octanol–water partition coefficient (Wildman–Crippen LogP) is 3.54. The van der Waals surface area contributed by atoms with Crippen molar-refractivity contribution < 1.29 is 23.5 Å². The lowest BCUT2D eigenvalue weighted by Gasteiger charge is -2.28. The number of hydrogen-bond acceptors (Lipinski definition) is 5. The minimum absolute atomic E-state index is 0.0257. The summed E-state index contributed by atoms with van der Waals surface area (Å²) in [7, 11) is 3.37. The Labute approximate surface area is 189 Å². The van der Waals surface area contributed by atoms with E-state index in [1.165, 1.54) is 17.0 Å². The van der Waals surface area contributed by atoms with E-state index >= 15 is 0 Å². The van der Waals surface area contributed by atoms with E-state index in [4.69, 9.17) is 9.47 Å². The second-order valence-corrected chi connectivity index (χ2v) is 7.49. The third-order valence-electron chi connectivity index (χ3n) is 4.92. The molecule has 0 aliphatic heterocycles. The molecule has 8 heteroatoms. The van der Waals surface area contributed by atoms with Gasteiger partial charge in [0.2, 0.25) is 11.8 Å². The number of benzene rings is 2. The summed E-state index contributed by atoms with van der Waals surface area (Å²) in [6, 6.07) is 10.8. The molecule has 0 fully saturated rings. The largest absolute Gasteiger partial charge is 0.490 e. The molecule has 0 spiro atoms. The normalized spacial score (nSPS) is 11.7. The summed E-state index contributed by atoms with van der Waals surface area (Å²) in [5, 5.41) is 2.83. The van der Waals surface area contributed by atoms with Crippen molar-refractivity contribution in [3.63, 3.8) is 0 Å². The monoisotopic (exact) mass is 445 g/mol. The molecule has 1 unspecified atom stereocenters. The van der Waals surface area contributed by atoms with Gasteiger partial charge in [-0.25, -0.2) is 4.39 Å². The Morgan fingerprint density at radius 2 is 1.72 bits per heavy atom. The summed E-state index contributed by atoms with van der Waals surface area (Å²) in [6.45, 7) is 6.80. The SMILES string of the molecule is CCOc1ccc(NC(=O)CN(C)C(C)C(=O)N(C)Cc2cccc(F)c2)cc1OCC. The van der Waals surface area contributed by atoms with E-state index in [0.717, 1.165) is 0 Å². The quantitative estimate of drug-likeness (QED) is 0.573. The highest BCUT2D eigenvalue weighted by molar-refractivity contribution is 5.93. The van der Waals surface area contributed by atoms with Crippen LogP contribution in [-0.2, 0) is 16.1 Å². The highest BCUT2D eigenvalue weighted by Gasteiger charge is 2.23. The maximum absolute atomic E-state index is 13.4. The average Bonchev–Trinajstić information content (AvgIpc) is 2.74. The molecule has 0 radical (unpaired) electrons. The van der Waals surface area contributed by atoms with Crippen LogP contribution in [0.3, 0.4) is 0 Å². The minimum Gasteiger partial charge on any atom is -0.490 e. The van der Waals surface area contributed by atoms with E-state index in [9.17, 15) is 14.0 Å². The predicted molar refractivity (Wildman–Crippen MR) is 122 cm³/mol. The van der Waals surface area contributed by atoms with Crippen molar-refractivity contribution in [3.8, 4) is 11.5 Å². The van der Waals surface area contributed by atoms with Crippen LogP contribution in [0.1, 0.15) is 26.3 Å². The summed E-state index contributed by atoms with van der Waals surface area (Å²) < 4.78 is 24.5. The first kappa shape index (κ1) is 25.1. The molecule has 32 heavy (non-hydrogen) atoms. The van der Waals surface area contributed by atoms with Crippen LogP contribution in [0.4, 0.5) is 10.1 Å². The number of hydrogen-bond donors (Lipinski definition) is 1. The lowest BCUT2D eigenvalue weighted by Crippen LogP contribution is -2.46. The highest BCUT2D eigenvalue weighted by atomic mass is 19.1. The van der Waals surface area contributed by atoms with E-state index < -0.39 is 6.04 Å². The third-order valence-corrected chi connectivity index (χ3v) is 4.92. The number of nitrogens with one attached hydrogen (secondary N) is 1. The van der Waals surface area contributed by atoms with Gasteiger partial charge in [0.25, 0.3) is 0 Å². The van der Waals surface area contributed by atoms with Crippen LogP contribution in [0.2, 0.25) is 0 Å². The summed E-state index contributed by atoms with van der Waals surface area (Å²) in [5.41, 5.74) is 1.28. The van der Waals surface area contributed by atoms with Crippen LogP contribution >= 0.6 is 0 Å². The van der Waals surface area contributed by atoms with Gasteiger partial charge in [0.05, 0.1) is 25.8 Å². The molecule has 2 aromatic carbocycles. The topological polar surface area (TPSA) is 71.1 Å². The Balaban J connectivity index is 1.94. The third kappa shape index (κ3) is 7.23. The molecule has 0 aliphatic rings. The van der Waals surface area contributed by atoms with Gasteiger partial charge in [-0.2, -0.15) is 0 Å². The lowest BCUT2D eigenvalue weighted by atomic mass is 10.2. The van der Waals surface area contributed by atoms with E-state index in [1.807, 2.05) is 13.8 Å². The fraction of sp³-hybridized carbons (Fsp3) is 0.417. The first-order valence-corrected chi connectivity index (χ1v) is 10.6. The van der Waals surface area contributed by atoms with Gasteiger partial charge < -0.3 is 19.7 Å². The maximum atomic E-state index is 13.4.